The Kier molecular flexibility index (Phi) is 4.89. The lowest BCUT2D eigenvalue weighted by molar-refractivity contribution is -0.123. The first kappa shape index (κ1) is 14.5. The molecule has 1 amide bonds. The maximum absolute atomic E-state index is 11.7. The van der Waals surface area contributed by atoms with Crippen LogP contribution in [0.25, 0.3) is 0 Å². The highest BCUT2D eigenvalue weighted by Crippen LogP contribution is 2.11. The second-order valence-electron chi connectivity index (χ2n) is 4.47. The highest BCUT2D eigenvalue weighted by Gasteiger charge is 2.03. The van der Waals surface area contributed by atoms with E-state index in [0.29, 0.717) is 17.9 Å². The number of nitrogens with zero attached hydrogens (tertiary/aromatic N) is 2. The van der Waals surface area contributed by atoms with Gasteiger partial charge in [-0.2, -0.15) is 5.26 Å². The number of hydrogen-bond acceptors (Lipinski definition) is 4. The number of ether oxygens (including phenoxy) is 1. The molecule has 0 radical (unpaired) electrons. The molecule has 2 aromatic rings. The van der Waals surface area contributed by atoms with Crippen LogP contribution in [-0.4, -0.2) is 17.5 Å². The average Bonchev–Trinajstić information content (AvgIpc) is 2.51. The smallest absolute Gasteiger partial charge is 0.258 e. The number of benzene rings is 1. The molecule has 0 aliphatic heterocycles. The lowest BCUT2D eigenvalue weighted by Gasteiger charge is -2.07. The zero-order valence-corrected chi connectivity index (χ0v) is 11.7. The predicted octanol–water partition coefficient (Wildman–Crippen LogP) is 1.96. The van der Waals surface area contributed by atoms with Crippen molar-refractivity contribution in [2.24, 2.45) is 0 Å². The maximum Gasteiger partial charge on any atom is 0.258 e. The van der Waals surface area contributed by atoms with E-state index >= 15 is 0 Å². The topological polar surface area (TPSA) is 75.0 Å². The van der Waals surface area contributed by atoms with Crippen LogP contribution in [0.4, 0.5) is 0 Å². The van der Waals surface area contributed by atoms with Crippen LogP contribution in [0.5, 0.6) is 5.75 Å². The lowest BCUT2D eigenvalue weighted by atomic mass is 10.2. The molecule has 21 heavy (non-hydrogen) atoms. The van der Waals surface area contributed by atoms with Crippen molar-refractivity contribution in [3.63, 3.8) is 0 Å². The van der Waals surface area contributed by atoms with Gasteiger partial charge < -0.3 is 10.1 Å². The minimum absolute atomic E-state index is 0.0717. The van der Waals surface area contributed by atoms with Gasteiger partial charge in [-0.05, 0) is 43.3 Å². The number of rotatable bonds is 5. The normalized spacial score (nSPS) is 9.71. The van der Waals surface area contributed by atoms with Crippen LogP contribution in [0.3, 0.4) is 0 Å². The Morgan fingerprint density at radius 1 is 1.29 bits per heavy atom. The molecular formula is C16H15N3O2. The second kappa shape index (κ2) is 7.06. The highest BCUT2D eigenvalue weighted by atomic mass is 16.5. The molecular weight excluding hydrogens is 266 g/mol. The number of carbonyl (C=O) groups excluding carboxylic acids is 1. The summed E-state index contributed by atoms with van der Waals surface area (Å²) in [6.45, 7) is 2.20. The summed E-state index contributed by atoms with van der Waals surface area (Å²) < 4.78 is 5.34. The van der Waals surface area contributed by atoms with Crippen molar-refractivity contribution in [3.8, 4) is 11.8 Å². The summed E-state index contributed by atoms with van der Waals surface area (Å²) in [5.41, 5.74) is 2.27. The summed E-state index contributed by atoms with van der Waals surface area (Å²) in [6, 6.07) is 14.3. The Bertz CT molecular complexity index is 660. The predicted molar refractivity (Wildman–Crippen MR) is 77.5 cm³/mol. The number of nitriles is 1. The molecule has 1 aromatic heterocycles. The third-order valence-corrected chi connectivity index (χ3v) is 2.77. The van der Waals surface area contributed by atoms with Crippen LogP contribution >= 0.6 is 0 Å². The van der Waals surface area contributed by atoms with Gasteiger partial charge in [0.05, 0.1) is 23.9 Å². The van der Waals surface area contributed by atoms with Gasteiger partial charge in [0.1, 0.15) is 5.75 Å². The maximum atomic E-state index is 11.7. The molecule has 0 spiro atoms. The van der Waals surface area contributed by atoms with E-state index in [9.17, 15) is 4.79 Å². The van der Waals surface area contributed by atoms with Gasteiger partial charge in [-0.25, -0.2) is 0 Å². The van der Waals surface area contributed by atoms with Gasteiger partial charge in [0, 0.05) is 5.69 Å². The van der Waals surface area contributed by atoms with Gasteiger partial charge >= 0.3 is 0 Å². The van der Waals surface area contributed by atoms with Crippen LogP contribution in [-0.2, 0) is 11.3 Å². The molecule has 0 aliphatic rings. The Hall–Kier alpha value is -2.87. The number of hydrogen-bond donors (Lipinski definition) is 1. The van der Waals surface area contributed by atoms with E-state index in [1.54, 1.807) is 24.3 Å². The zero-order valence-electron chi connectivity index (χ0n) is 11.7. The van der Waals surface area contributed by atoms with Crippen LogP contribution in [0, 0.1) is 18.3 Å². The number of aryl methyl sites for hydroxylation is 1. The molecule has 0 bridgehead atoms. The Labute approximate surface area is 123 Å². The van der Waals surface area contributed by atoms with Crippen LogP contribution < -0.4 is 10.1 Å². The van der Waals surface area contributed by atoms with Crippen LogP contribution in [0.15, 0.2) is 42.5 Å². The third-order valence-electron chi connectivity index (χ3n) is 2.77. The van der Waals surface area contributed by atoms with E-state index in [2.05, 4.69) is 10.3 Å². The molecule has 1 N–H and O–H groups in total. The van der Waals surface area contributed by atoms with E-state index in [1.807, 2.05) is 31.2 Å². The van der Waals surface area contributed by atoms with Gasteiger partial charge in [0.2, 0.25) is 0 Å². The molecule has 5 heteroatoms. The van der Waals surface area contributed by atoms with Gasteiger partial charge in [-0.3, -0.25) is 9.78 Å². The first-order valence-corrected chi connectivity index (χ1v) is 6.49. The summed E-state index contributed by atoms with van der Waals surface area (Å²) in [4.78, 5) is 16.0. The SMILES string of the molecule is Cc1cccc(CNC(=O)COc2ccc(C#N)cc2)n1. The number of carbonyl (C=O) groups is 1. The Morgan fingerprint density at radius 2 is 2.05 bits per heavy atom. The summed E-state index contributed by atoms with van der Waals surface area (Å²) in [6.07, 6.45) is 0. The van der Waals surface area contributed by atoms with Gasteiger partial charge in [0.15, 0.2) is 6.61 Å². The average molecular weight is 281 g/mol. The molecule has 0 saturated heterocycles. The standard InChI is InChI=1S/C16H15N3O2/c1-12-3-2-4-14(19-12)10-18-16(20)11-21-15-7-5-13(9-17)6-8-15/h2-8H,10-11H2,1H3,(H,18,20). The van der Waals surface area contributed by atoms with Crippen molar-refractivity contribution < 1.29 is 9.53 Å². The fourth-order valence-electron chi connectivity index (χ4n) is 1.71. The molecule has 106 valence electrons. The van der Waals surface area contributed by atoms with E-state index in [0.717, 1.165) is 11.4 Å². The number of amides is 1. The van der Waals surface area contributed by atoms with E-state index in [1.165, 1.54) is 0 Å². The van der Waals surface area contributed by atoms with Crippen molar-refractivity contribution in [1.82, 2.24) is 10.3 Å². The molecule has 0 aliphatic carbocycles. The van der Waals surface area contributed by atoms with Crippen molar-refractivity contribution in [3.05, 3.63) is 59.4 Å². The number of aromatic nitrogens is 1. The Balaban J connectivity index is 1.78. The van der Waals surface area contributed by atoms with Crippen molar-refractivity contribution >= 4 is 5.91 Å². The van der Waals surface area contributed by atoms with E-state index < -0.39 is 0 Å². The first-order chi connectivity index (χ1) is 10.2. The summed E-state index contributed by atoms with van der Waals surface area (Å²) in [7, 11) is 0. The second-order valence-corrected chi connectivity index (χ2v) is 4.47. The minimum atomic E-state index is -0.220. The van der Waals surface area contributed by atoms with Crippen molar-refractivity contribution in [1.29, 1.82) is 5.26 Å². The van der Waals surface area contributed by atoms with Crippen LogP contribution in [0.1, 0.15) is 17.0 Å². The molecule has 0 fully saturated rings. The molecule has 5 nitrogen and oxygen atoms in total. The summed E-state index contributed by atoms with van der Waals surface area (Å²) in [5.74, 6) is 0.334. The van der Waals surface area contributed by atoms with E-state index in [4.69, 9.17) is 10.00 Å². The van der Waals surface area contributed by atoms with E-state index in [-0.39, 0.29) is 12.5 Å². The van der Waals surface area contributed by atoms with Gasteiger partial charge in [0.25, 0.3) is 5.91 Å². The number of pyridine rings is 1. The lowest BCUT2D eigenvalue weighted by Crippen LogP contribution is -2.28. The molecule has 0 saturated carbocycles. The van der Waals surface area contributed by atoms with Gasteiger partial charge in [-0.1, -0.05) is 6.07 Å². The van der Waals surface area contributed by atoms with Crippen LogP contribution in [0.2, 0.25) is 0 Å². The van der Waals surface area contributed by atoms with Crippen molar-refractivity contribution in [2.45, 2.75) is 13.5 Å². The first-order valence-electron chi connectivity index (χ1n) is 6.49. The molecule has 1 heterocycles. The molecule has 2 rings (SSSR count). The zero-order chi connectivity index (χ0) is 15.1. The molecule has 0 atom stereocenters. The minimum Gasteiger partial charge on any atom is -0.484 e. The monoisotopic (exact) mass is 281 g/mol. The molecule has 0 unspecified atom stereocenters. The van der Waals surface area contributed by atoms with Gasteiger partial charge in [-0.15, -0.1) is 0 Å². The molecule has 1 aromatic carbocycles. The quantitative estimate of drug-likeness (QED) is 0.909. The third kappa shape index (κ3) is 4.62. The fraction of sp³-hybridized carbons (Fsp3) is 0.188. The number of nitrogens with one attached hydrogen (secondary N) is 1. The summed E-state index contributed by atoms with van der Waals surface area (Å²) >= 11 is 0. The fourth-order valence-corrected chi connectivity index (χ4v) is 1.71. The largest absolute Gasteiger partial charge is 0.484 e. The van der Waals surface area contributed by atoms with Crippen molar-refractivity contribution in [2.75, 3.05) is 6.61 Å². The highest BCUT2D eigenvalue weighted by molar-refractivity contribution is 5.77. The Morgan fingerprint density at radius 3 is 2.71 bits per heavy atom. The summed E-state index contributed by atoms with van der Waals surface area (Å²) in [5, 5.41) is 11.4.